The van der Waals surface area contributed by atoms with Crippen LogP contribution < -0.4 is 10.2 Å². The Balaban J connectivity index is 1.30. The van der Waals surface area contributed by atoms with E-state index in [2.05, 4.69) is 29.6 Å². The summed E-state index contributed by atoms with van der Waals surface area (Å²) < 4.78 is 0. The molecule has 1 saturated heterocycles. The molecule has 1 N–H and O–H groups in total. The fraction of sp³-hybridized carbons (Fsp3) is 0.222. The minimum atomic E-state index is -0.700. The highest BCUT2D eigenvalue weighted by molar-refractivity contribution is 6.21. The first-order chi connectivity index (χ1) is 16.0. The van der Waals surface area contributed by atoms with Crippen molar-refractivity contribution in [2.75, 3.05) is 4.90 Å². The number of imide groups is 1. The minimum absolute atomic E-state index is 0.0300. The lowest BCUT2D eigenvalue weighted by Gasteiger charge is -2.22. The van der Waals surface area contributed by atoms with Gasteiger partial charge in [-0.1, -0.05) is 60.7 Å². The molecule has 2 aliphatic heterocycles. The maximum Gasteiger partial charge on any atom is 0.329 e. The number of rotatable bonds is 4. The summed E-state index contributed by atoms with van der Waals surface area (Å²) in [5.41, 5.74) is 6.02. The van der Waals surface area contributed by atoms with Crippen molar-refractivity contribution in [1.82, 2.24) is 10.2 Å². The van der Waals surface area contributed by atoms with Gasteiger partial charge in [-0.15, -0.1) is 0 Å². The van der Waals surface area contributed by atoms with Crippen molar-refractivity contribution in [3.05, 3.63) is 89.5 Å². The average molecular weight is 440 g/mol. The molecule has 3 aromatic rings. The Labute approximate surface area is 192 Å². The third-order valence-corrected chi connectivity index (χ3v) is 6.33. The van der Waals surface area contributed by atoms with Crippen LogP contribution >= 0.6 is 0 Å². The number of amides is 4. The van der Waals surface area contributed by atoms with Gasteiger partial charge < -0.3 is 10.2 Å². The number of aryl methyl sites for hydroxylation is 1. The van der Waals surface area contributed by atoms with Crippen LogP contribution in [0.2, 0.25) is 0 Å². The predicted molar refractivity (Wildman–Crippen MR) is 126 cm³/mol. The van der Waals surface area contributed by atoms with Crippen LogP contribution in [0.1, 0.15) is 29.5 Å². The Morgan fingerprint density at radius 2 is 1.55 bits per heavy atom. The number of nitrogens with zero attached hydrogens (tertiary/aromatic N) is 2. The second-order valence-electron chi connectivity index (χ2n) is 8.62. The molecule has 0 aromatic heterocycles. The SMILES string of the molecule is Cc1cccc(N2C(=O)NC(CCC(=O)N3Cc4ccccc4-c4ccccc4C3)C2=O)c1. The smallest absolute Gasteiger partial charge is 0.329 e. The zero-order chi connectivity index (χ0) is 22.9. The van der Waals surface area contributed by atoms with Crippen molar-refractivity contribution in [3.63, 3.8) is 0 Å². The largest absolute Gasteiger partial charge is 0.334 e. The lowest BCUT2D eigenvalue weighted by molar-refractivity contribution is -0.132. The first-order valence-corrected chi connectivity index (χ1v) is 11.2. The summed E-state index contributed by atoms with van der Waals surface area (Å²) in [7, 11) is 0. The number of carbonyl (C=O) groups is 3. The topological polar surface area (TPSA) is 69.7 Å². The van der Waals surface area contributed by atoms with Gasteiger partial charge in [0.1, 0.15) is 6.04 Å². The number of carbonyl (C=O) groups excluding carboxylic acids is 3. The Bertz CT molecular complexity index is 1210. The lowest BCUT2D eigenvalue weighted by atomic mass is 9.97. The quantitative estimate of drug-likeness (QED) is 0.612. The maximum atomic E-state index is 13.2. The first-order valence-electron chi connectivity index (χ1n) is 11.2. The summed E-state index contributed by atoms with van der Waals surface area (Å²) in [4.78, 5) is 41.6. The molecule has 33 heavy (non-hydrogen) atoms. The molecule has 0 saturated carbocycles. The number of anilines is 1. The molecule has 5 rings (SSSR count). The van der Waals surface area contributed by atoms with Gasteiger partial charge in [-0.05, 0) is 53.3 Å². The molecule has 0 radical (unpaired) electrons. The molecular formula is C27H25N3O3. The van der Waals surface area contributed by atoms with E-state index in [0.29, 0.717) is 18.8 Å². The number of benzene rings is 3. The molecule has 3 aromatic carbocycles. The van der Waals surface area contributed by atoms with Crippen LogP contribution in [0.4, 0.5) is 10.5 Å². The van der Waals surface area contributed by atoms with Crippen molar-refractivity contribution in [2.45, 2.75) is 38.9 Å². The third kappa shape index (κ3) is 4.00. The minimum Gasteiger partial charge on any atom is -0.334 e. The third-order valence-electron chi connectivity index (χ3n) is 6.33. The van der Waals surface area contributed by atoms with Gasteiger partial charge in [0.15, 0.2) is 0 Å². The predicted octanol–water partition coefficient (Wildman–Crippen LogP) is 4.41. The van der Waals surface area contributed by atoms with Gasteiger partial charge in [-0.25, -0.2) is 9.69 Å². The van der Waals surface area contributed by atoms with Crippen LogP contribution in [-0.2, 0) is 22.7 Å². The van der Waals surface area contributed by atoms with E-state index in [1.807, 2.05) is 48.2 Å². The Kier molecular flexibility index (Phi) is 5.42. The molecule has 0 spiro atoms. The van der Waals surface area contributed by atoms with Gasteiger partial charge in [-0.2, -0.15) is 0 Å². The molecule has 1 fully saturated rings. The molecule has 2 aliphatic rings. The van der Waals surface area contributed by atoms with Crippen molar-refractivity contribution in [2.24, 2.45) is 0 Å². The van der Waals surface area contributed by atoms with E-state index in [1.165, 1.54) is 4.90 Å². The zero-order valence-corrected chi connectivity index (χ0v) is 18.5. The van der Waals surface area contributed by atoms with Crippen molar-refractivity contribution >= 4 is 23.5 Å². The molecular weight excluding hydrogens is 414 g/mol. The lowest BCUT2D eigenvalue weighted by Crippen LogP contribution is -2.34. The number of hydrogen-bond acceptors (Lipinski definition) is 3. The second-order valence-corrected chi connectivity index (χ2v) is 8.62. The van der Waals surface area contributed by atoms with Crippen LogP contribution in [0, 0.1) is 6.92 Å². The Morgan fingerprint density at radius 1 is 0.909 bits per heavy atom. The van der Waals surface area contributed by atoms with Crippen LogP contribution in [0.15, 0.2) is 72.8 Å². The van der Waals surface area contributed by atoms with Gasteiger partial charge in [-0.3, -0.25) is 9.59 Å². The summed E-state index contributed by atoms with van der Waals surface area (Å²) in [6.07, 6.45) is 0.453. The molecule has 1 atom stereocenters. The highest BCUT2D eigenvalue weighted by Crippen LogP contribution is 2.33. The highest BCUT2D eigenvalue weighted by Gasteiger charge is 2.39. The standard InChI is InChI=1S/C27H25N3O3/c1-18-7-6-10-21(15-18)30-26(32)24(28-27(30)33)13-14-25(31)29-16-19-8-2-4-11-22(19)23-12-5-3-9-20(23)17-29/h2-12,15,24H,13-14,16-17H2,1H3,(H,28,33). The molecule has 1 unspecified atom stereocenters. The fourth-order valence-corrected chi connectivity index (χ4v) is 4.65. The Hall–Kier alpha value is -3.93. The normalized spacial score (nSPS) is 17.3. The second kappa shape index (κ2) is 8.54. The van der Waals surface area contributed by atoms with Gasteiger partial charge in [0, 0.05) is 19.5 Å². The summed E-state index contributed by atoms with van der Waals surface area (Å²) in [5.74, 6) is -0.345. The van der Waals surface area contributed by atoms with E-state index >= 15 is 0 Å². The van der Waals surface area contributed by atoms with Crippen LogP contribution in [0.3, 0.4) is 0 Å². The van der Waals surface area contributed by atoms with Gasteiger partial charge in [0.25, 0.3) is 5.91 Å². The van der Waals surface area contributed by atoms with E-state index in [4.69, 9.17) is 0 Å². The monoisotopic (exact) mass is 439 g/mol. The number of nitrogens with one attached hydrogen (secondary N) is 1. The zero-order valence-electron chi connectivity index (χ0n) is 18.5. The van der Waals surface area contributed by atoms with Crippen LogP contribution in [-0.4, -0.2) is 28.8 Å². The number of fused-ring (bicyclic) bond motifs is 3. The fourth-order valence-electron chi connectivity index (χ4n) is 4.65. The maximum absolute atomic E-state index is 13.2. The molecule has 0 aliphatic carbocycles. The summed E-state index contributed by atoms with van der Waals surface area (Å²) >= 11 is 0. The van der Waals surface area contributed by atoms with E-state index in [-0.39, 0.29) is 24.7 Å². The molecule has 166 valence electrons. The average Bonchev–Trinajstić information content (AvgIpc) is 2.99. The van der Waals surface area contributed by atoms with E-state index in [0.717, 1.165) is 27.8 Å². The molecule has 0 bridgehead atoms. The first kappa shape index (κ1) is 20.9. The van der Waals surface area contributed by atoms with Crippen LogP contribution in [0.25, 0.3) is 11.1 Å². The van der Waals surface area contributed by atoms with Crippen LogP contribution in [0.5, 0.6) is 0 Å². The Morgan fingerprint density at radius 3 is 2.18 bits per heavy atom. The highest BCUT2D eigenvalue weighted by atomic mass is 16.2. The van der Waals surface area contributed by atoms with Gasteiger partial charge >= 0.3 is 6.03 Å². The molecule has 4 amide bonds. The molecule has 6 heteroatoms. The van der Waals surface area contributed by atoms with Crippen molar-refractivity contribution in [1.29, 1.82) is 0 Å². The molecule has 6 nitrogen and oxygen atoms in total. The summed E-state index contributed by atoms with van der Waals surface area (Å²) in [6, 6.07) is 22.4. The van der Waals surface area contributed by atoms with Gasteiger partial charge in [0.2, 0.25) is 5.91 Å². The van der Waals surface area contributed by atoms with E-state index in [9.17, 15) is 14.4 Å². The molecule has 2 heterocycles. The van der Waals surface area contributed by atoms with Gasteiger partial charge in [0.05, 0.1) is 5.69 Å². The van der Waals surface area contributed by atoms with E-state index < -0.39 is 12.1 Å². The van der Waals surface area contributed by atoms with Crippen molar-refractivity contribution in [3.8, 4) is 11.1 Å². The number of hydrogen-bond donors (Lipinski definition) is 1. The van der Waals surface area contributed by atoms with Crippen molar-refractivity contribution < 1.29 is 14.4 Å². The van der Waals surface area contributed by atoms with E-state index in [1.54, 1.807) is 12.1 Å². The summed E-state index contributed by atoms with van der Waals surface area (Å²) in [5, 5.41) is 2.74. The number of urea groups is 1. The summed E-state index contributed by atoms with van der Waals surface area (Å²) in [6.45, 7) is 2.95.